The first-order chi connectivity index (χ1) is 12.6. The van der Waals surface area contributed by atoms with Crippen LogP contribution in [0.3, 0.4) is 0 Å². The number of nitrogens with zero attached hydrogens (tertiary/aromatic N) is 1. The highest BCUT2D eigenvalue weighted by atomic mass is 16.3. The normalized spacial score (nSPS) is 10.8. The van der Waals surface area contributed by atoms with Gasteiger partial charge in [0.15, 0.2) is 5.76 Å². The molecular weight excluding hydrogens is 324 g/mol. The smallest absolute Gasteiger partial charge is 0.256 e. The molecule has 0 saturated carbocycles. The number of benzene rings is 2. The molecule has 4 aromatic rings. The van der Waals surface area contributed by atoms with E-state index in [-0.39, 0.29) is 5.91 Å². The summed E-state index contributed by atoms with van der Waals surface area (Å²) in [6.07, 6.45) is 0. The number of pyridine rings is 1. The number of amides is 1. The maximum atomic E-state index is 13.0. The third-order valence-corrected chi connectivity index (χ3v) is 4.23. The summed E-state index contributed by atoms with van der Waals surface area (Å²) in [5, 5.41) is 3.79. The first-order valence-electron chi connectivity index (χ1n) is 8.45. The fourth-order valence-electron chi connectivity index (χ4n) is 2.98. The number of carbonyl (C=O) groups excluding carboxylic acids is 1. The molecule has 0 spiro atoms. The number of para-hydroxylation sites is 1. The van der Waals surface area contributed by atoms with Crippen molar-refractivity contribution in [2.45, 2.75) is 13.8 Å². The average molecular weight is 342 g/mol. The van der Waals surface area contributed by atoms with Crippen molar-refractivity contribution in [3.05, 3.63) is 83.6 Å². The number of fused-ring (bicyclic) bond motifs is 1. The number of rotatable bonds is 3. The van der Waals surface area contributed by atoms with E-state index in [2.05, 4.69) is 10.3 Å². The number of nitrogens with one attached hydrogen (secondary N) is 1. The van der Waals surface area contributed by atoms with E-state index in [0.717, 1.165) is 27.9 Å². The molecule has 0 radical (unpaired) electrons. The summed E-state index contributed by atoms with van der Waals surface area (Å²) in [6, 6.07) is 20.9. The first kappa shape index (κ1) is 16.1. The molecule has 1 N–H and O–H groups in total. The van der Waals surface area contributed by atoms with E-state index in [1.165, 1.54) is 0 Å². The molecule has 0 saturated heterocycles. The molecule has 4 nitrogen and oxygen atoms in total. The Kier molecular flexibility index (Phi) is 4.01. The lowest BCUT2D eigenvalue weighted by atomic mass is 10.1. The van der Waals surface area contributed by atoms with Crippen LogP contribution in [0.5, 0.6) is 0 Å². The summed E-state index contributed by atoms with van der Waals surface area (Å²) in [7, 11) is 0. The predicted octanol–water partition coefficient (Wildman–Crippen LogP) is 5.36. The van der Waals surface area contributed by atoms with Gasteiger partial charge in [-0.05, 0) is 55.8 Å². The summed E-state index contributed by atoms with van der Waals surface area (Å²) in [5.74, 6) is 1.29. The van der Waals surface area contributed by atoms with E-state index in [1.54, 1.807) is 6.07 Å². The summed E-state index contributed by atoms with van der Waals surface area (Å²) in [4.78, 5) is 17.6. The van der Waals surface area contributed by atoms with Gasteiger partial charge in [-0.15, -0.1) is 0 Å². The maximum Gasteiger partial charge on any atom is 0.256 e. The summed E-state index contributed by atoms with van der Waals surface area (Å²) in [5.41, 5.74) is 3.83. The minimum atomic E-state index is -0.168. The molecule has 2 aromatic carbocycles. The number of hydrogen-bond acceptors (Lipinski definition) is 3. The van der Waals surface area contributed by atoms with Crippen molar-refractivity contribution in [1.82, 2.24) is 4.98 Å². The Morgan fingerprint density at radius 2 is 1.81 bits per heavy atom. The zero-order chi connectivity index (χ0) is 18.1. The maximum absolute atomic E-state index is 13.0. The Morgan fingerprint density at radius 1 is 0.962 bits per heavy atom. The fraction of sp³-hybridized carbons (Fsp3) is 0.0909. The van der Waals surface area contributed by atoms with Gasteiger partial charge < -0.3 is 9.73 Å². The Hall–Kier alpha value is -3.40. The van der Waals surface area contributed by atoms with Crippen molar-refractivity contribution in [3.63, 3.8) is 0 Å². The van der Waals surface area contributed by atoms with Gasteiger partial charge in [0.25, 0.3) is 5.91 Å². The standard InChI is InChI=1S/C22H18N2O2/c1-14-6-5-7-16(12-14)23-22(25)18-13-20(21-11-10-15(2)26-21)24-19-9-4-3-8-17(18)19/h3-13H,1-2H3,(H,23,25). The predicted molar refractivity (Wildman–Crippen MR) is 103 cm³/mol. The van der Waals surface area contributed by atoms with Gasteiger partial charge >= 0.3 is 0 Å². The number of aromatic nitrogens is 1. The molecule has 0 aliphatic rings. The molecule has 0 fully saturated rings. The van der Waals surface area contributed by atoms with Gasteiger partial charge in [-0.2, -0.15) is 0 Å². The quantitative estimate of drug-likeness (QED) is 0.545. The number of hydrogen-bond donors (Lipinski definition) is 1. The van der Waals surface area contributed by atoms with Crippen LogP contribution in [0.4, 0.5) is 5.69 Å². The van der Waals surface area contributed by atoms with Gasteiger partial charge in [0.2, 0.25) is 0 Å². The zero-order valence-corrected chi connectivity index (χ0v) is 14.6. The number of anilines is 1. The van der Waals surface area contributed by atoms with E-state index in [0.29, 0.717) is 17.0 Å². The van der Waals surface area contributed by atoms with E-state index >= 15 is 0 Å². The Labute approximate surface area is 151 Å². The second kappa shape index (κ2) is 6.48. The molecular formula is C22H18N2O2. The lowest BCUT2D eigenvalue weighted by molar-refractivity contribution is 0.102. The van der Waals surface area contributed by atoms with Crippen molar-refractivity contribution in [2.24, 2.45) is 0 Å². The molecule has 0 atom stereocenters. The molecule has 0 aliphatic carbocycles. The summed E-state index contributed by atoms with van der Waals surface area (Å²) >= 11 is 0. The molecule has 0 bridgehead atoms. The first-order valence-corrected chi connectivity index (χ1v) is 8.45. The highest BCUT2D eigenvalue weighted by Gasteiger charge is 2.15. The molecule has 0 unspecified atom stereocenters. The minimum Gasteiger partial charge on any atom is -0.460 e. The molecule has 0 aliphatic heterocycles. The topological polar surface area (TPSA) is 55.1 Å². The van der Waals surface area contributed by atoms with Crippen LogP contribution in [0.1, 0.15) is 21.7 Å². The average Bonchev–Trinajstić information content (AvgIpc) is 3.07. The molecule has 26 heavy (non-hydrogen) atoms. The van der Waals surface area contributed by atoms with Crippen LogP contribution in [0.2, 0.25) is 0 Å². The Bertz CT molecular complexity index is 1110. The van der Waals surface area contributed by atoms with Crippen molar-refractivity contribution >= 4 is 22.5 Å². The van der Waals surface area contributed by atoms with Crippen LogP contribution in [-0.4, -0.2) is 10.9 Å². The van der Waals surface area contributed by atoms with Gasteiger partial charge in [0.1, 0.15) is 11.5 Å². The van der Waals surface area contributed by atoms with Crippen LogP contribution >= 0.6 is 0 Å². The molecule has 4 heteroatoms. The zero-order valence-electron chi connectivity index (χ0n) is 14.6. The second-order valence-corrected chi connectivity index (χ2v) is 6.31. The van der Waals surface area contributed by atoms with Gasteiger partial charge in [-0.1, -0.05) is 30.3 Å². The minimum absolute atomic E-state index is 0.168. The van der Waals surface area contributed by atoms with Crippen molar-refractivity contribution in [3.8, 4) is 11.5 Å². The Morgan fingerprint density at radius 3 is 2.58 bits per heavy atom. The van der Waals surface area contributed by atoms with Crippen LogP contribution in [0, 0.1) is 13.8 Å². The van der Waals surface area contributed by atoms with Crippen molar-refractivity contribution < 1.29 is 9.21 Å². The van der Waals surface area contributed by atoms with E-state index < -0.39 is 0 Å². The molecule has 2 aromatic heterocycles. The van der Waals surface area contributed by atoms with E-state index in [1.807, 2.05) is 74.5 Å². The van der Waals surface area contributed by atoms with Crippen molar-refractivity contribution in [1.29, 1.82) is 0 Å². The Balaban J connectivity index is 1.81. The molecule has 4 rings (SSSR count). The molecule has 1 amide bonds. The second-order valence-electron chi connectivity index (χ2n) is 6.31. The summed E-state index contributed by atoms with van der Waals surface area (Å²) < 4.78 is 5.69. The molecule has 128 valence electrons. The monoisotopic (exact) mass is 342 g/mol. The van der Waals surface area contributed by atoms with Crippen LogP contribution in [0.15, 0.2) is 71.1 Å². The summed E-state index contributed by atoms with van der Waals surface area (Å²) in [6.45, 7) is 3.88. The lowest BCUT2D eigenvalue weighted by Crippen LogP contribution is -2.13. The van der Waals surface area contributed by atoms with Gasteiger partial charge in [0.05, 0.1) is 11.1 Å². The third-order valence-electron chi connectivity index (χ3n) is 4.23. The number of carbonyl (C=O) groups is 1. The van der Waals surface area contributed by atoms with Gasteiger partial charge in [0, 0.05) is 11.1 Å². The highest BCUT2D eigenvalue weighted by molar-refractivity contribution is 6.13. The SMILES string of the molecule is Cc1cccc(NC(=O)c2cc(-c3ccc(C)o3)nc3ccccc23)c1. The highest BCUT2D eigenvalue weighted by Crippen LogP contribution is 2.27. The third kappa shape index (κ3) is 3.09. The number of aryl methyl sites for hydroxylation is 2. The largest absolute Gasteiger partial charge is 0.460 e. The van der Waals surface area contributed by atoms with E-state index in [4.69, 9.17) is 4.42 Å². The number of furan rings is 1. The van der Waals surface area contributed by atoms with Crippen molar-refractivity contribution in [2.75, 3.05) is 5.32 Å². The molecule has 2 heterocycles. The fourth-order valence-corrected chi connectivity index (χ4v) is 2.98. The van der Waals surface area contributed by atoms with Gasteiger partial charge in [-0.25, -0.2) is 4.98 Å². The van der Waals surface area contributed by atoms with E-state index in [9.17, 15) is 4.79 Å². The lowest BCUT2D eigenvalue weighted by Gasteiger charge is -2.10. The van der Waals surface area contributed by atoms with Crippen LogP contribution in [0.25, 0.3) is 22.4 Å². The van der Waals surface area contributed by atoms with Gasteiger partial charge in [-0.3, -0.25) is 4.79 Å². The van der Waals surface area contributed by atoms with Crippen LogP contribution < -0.4 is 5.32 Å². The van der Waals surface area contributed by atoms with Crippen LogP contribution in [-0.2, 0) is 0 Å².